The van der Waals surface area contributed by atoms with E-state index in [1.807, 2.05) is 35.1 Å². The Kier molecular flexibility index (Phi) is 3.75. The van der Waals surface area contributed by atoms with E-state index in [-0.39, 0.29) is 0 Å². The third kappa shape index (κ3) is 2.83. The van der Waals surface area contributed by atoms with Crippen molar-refractivity contribution in [3.8, 4) is 11.4 Å². The number of nitrogens with one attached hydrogen (secondary N) is 1. The molecule has 0 aliphatic heterocycles. The highest BCUT2D eigenvalue weighted by Crippen LogP contribution is 2.27. The van der Waals surface area contributed by atoms with Crippen LogP contribution >= 0.6 is 11.3 Å². The summed E-state index contributed by atoms with van der Waals surface area (Å²) in [4.78, 5) is 2.72. The number of hydrogen-bond acceptors (Lipinski definition) is 4. The van der Waals surface area contributed by atoms with Gasteiger partial charge in [-0.25, -0.2) is 0 Å². The minimum atomic E-state index is 0.824. The summed E-state index contributed by atoms with van der Waals surface area (Å²) >= 11 is 1.84. The first-order chi connectivity index (χ1) is 10.1. The van der Waals surface area contributed by atoms with Crippen molar-refractivity contribution in [1.29, 1.82) is 0 Å². The van der Waals surface area contributed by atoms with Gasteiger partial charge in [0.1, 0.15) is 6.33 Å². The molecule has 1 aromatic carbocycles. The molecule has 0 spiro atoms. The molecular formula is C16H18N4S. The lowest BCUT2D eigenvalue weighted by Gasteiger charge is -2.11. The number of hydrogen-bond donors (Lipinski definition) is 1. The van der Waals surface area contributed by atoms with Crippen LogP contribution in [0.15, 0.2) is 36.7 Å². The minimum Gasteiger partial charge on any atom is -0.380 e. The van der Waals surface area contributed by atoms with Gasteiger partial charge in [0.2, 0.25) is 0 Å². The second-order valence-electron chi connectivity index (χ2n) is 5.10. The van der Waals surface area contributed by atoms with Crippen molar-refractivity contribution in [3.63, 3.8) is 0 Å². The van der Waals surface area contributed by atoms with Gasteiger partial charge in [0.05, 0.1) is 0 Å². The highest BCUT2D eigenvalue weighted by atomic mass is 32.1. The first-order valence-electron chi connectivity index (χ1n) is 6.88. The van der Waals surface area contributed by atoms with Gasteiger partial charge in [-0.1, -0.05) is 12.1 Å². The molecule has 0 fully saturated rings. The van der Waals surface area contributed by atoms with E-state index in [0.717, 1.165) is 23.6 Å². The van der Waals surface area contributed by atoms with Gasteiger partial charge in [-0.2, -0.15) is 0 Å². The number of aromatic nitrogens is 3. The van der Waals surface area contributed by atoms with Crippen molar-refractivity contribution in [2.45, 2.75) is 20.4 Å². The van der Waals surface area contributed by atoms with Crippen molar-refractivity contribution in [3.05, 3.63) is 52.0 Å². The third-order valence-electron chi connectivity index (χ3n) is 3.49. The summed E-state index contributed by atoms with van der Waals surface area (Å²) < 4.78 is 1.93. The molecule has 0 saturated carbocycles. The molecule has 3 rings (SSSR count). The van der Waals surface area contributed by atoms with Crippen LogP contribution in [0.1, 0.15) is 15.3 Å². The zero-order chi connectivity index (χ0) is 14.8. The van der Waals surface area contributed by atoms with Gasteiger partial charge in [0, 0.05) is 34.6 Å². The molecule has 4 nitrogen and oxygen atoms in total. The average molecular weight is 298 g/mol. The molecule has 0 atom stereocenters. The van der Waals surface area contributed by atoms with Crippen molar-refractivity contribution < 1.29 is 0 Å². The summed E-state index contributed by atoms with van der Waals surface area (Å²) in [6, 6.07) is 10.5. The van der Waals surface area contributed by atoms with Gasteiger partial charge in [-0.3, -0.25) is 0 Å². The van der Waals surface area contributed by atoms with Crippen LogP contribution in [0.5, 0.6) is 0 Å². The largest absolute Gasteiger partial charge is 0.380 e. The number of anilines is 1. The van der Waals surface area contributed by atoms with Crippen LogP contribution in [-0.4, -0.2) is 14.8 Å². The SMILES string of the molecule is Cc1cc(CNc2ccccc2-c2nncn2C)c(C)s1. The fourth-order valence-corrected chi connectivity index (χ4v) is 3.36. The van der Waals surface area contributed by atoms with Crippen molar-refractivity contribution >= 4 is 17.0 Å². The number of aryl methyl sites for hydroxylation is 3. The molecule has 0 bridgehead atoms. The van der Waals surface area contributed by atoms with Gasteiger partial charge in [-0.15, -0.1) is 21.5 Å². The standard InChI is InChI=1S/C16H18N4S/c1-11-8-13(12(2)21-11)9-17-15-7-5-4-6-14(15)16-19-18-10-20(16)3/h4-8,10,17H,9H2,1-3H3. The summed E-state index contributed by atoms with van der Waals surface area (Å²) in [7, 11) is 1.96. The van der Waals surface area contributed by atoms with Crippen LogP contribution in [0.3, 0.4) is 0 Å². The quantitative estimate of drug-likeness (QED) is 0.797. The molecule has 21 heavy (non-hydrogen) atoms. The number of nitrogens with zero attached hydrogens (tertiary/aromatic N) is 3. The summed E-state index contributed by atoms with van der Waals surface area (Å²) in [6.45, 7) is 5.14. The highest BCUT2D eigenvalue weighted by Gasteiger charge is 2.10. The normalized spacial score (nSPS) is 10.8. The Morgan fingerprint density at radius 2 is 2.05 bits per heavy atom. The first-order valence-corrected chi connectivity index (χ1v) is 7.70. The molecule has 0 aliphatic rings. The summed E-state index contributed by atoms with van der Waals surface area (Å²) in [5.74, 6) is 0.872. The highest BCUT2D eigenvalue weighted by molar-refractivity contribution is 7.12. The summed E-state index contributed by atoms with van der Waals surface area (Å²) in [5.41, 5.74) is 3.50. The molecule has 5 heteroatoms. The minimum absolute atomic E-state index is 0.824. The van der Waals surface area contributed by atoms with Crippen LogP contribution in [0, 0.1) is 13.8 Å². The van der Waals surface area contributed by atoms with Crippen molar-refractivity contribution in [2.24, 2.45) is 7.05 Å². The topological polar surface area (TPSA) is 42.7 Å². The molecule has 108 valence electrons. The molecular weight excluding hydrogens is 280 g/mol. The Morgan fingerprint density at radius 1 is 1.24 bits per heavy atom. The molecule has 1 N–H and O–H groups in total. The third-order valence-corrected chi connectivity index (χ3v) is 4.50. The second kappa shape index (κ2) is 5.69. The van der Waals surface area contributed by atoms with Gasteiger partial charge in [0.25, 0.3) is 0 Å². The maximum atomic E-state index is 4.20. The molecule has 3 aromatic rings. The molecule has 0 amide bonds. The monoisotopic (exact) mass is 298 g/mol. The number of benzene rings is 1. The fraction of sp³-hybridized carbons (Fsp3) is 0.250. The second-order valence-corrected chi connectivity index (χ2v) is 6.56. The zero-order valence-electron chi connectivity index (χ0n) is 12.4. The maximum Gasteiger partial charge on any atom is 0.165 e. The van der Waals surface area contributed by atoms with Gasteiger partial charge in [0.15, 0.2) is 5.82 Å². The van der Waals surface area contributed by atoms with Crippen LogP contribution in [0.25, 0.3) is 11.4 Å². The molecule has 0 saturated heterocycles. The van der Waals surface area contributed by atoms with Gasteiger partial charge >= 0.3 is 0 Å². The Labute approximate surface area is 128 Å². The van der Waals surface area contributed by atoms with E-state index in [2.05, 4.69) is 47.6 Å². The summed E-state index contributed by atoms with van der Waals surface area (Å²) in [6.07, 6.45) is 1.72. The van der Waals surface area contributed by atoms with E-state index < -0.39 is 0 Å². The molecule has 0 radical (unpaired) electrons. The van der Waals surface area contributed by atoms with Crippen molar-refractivity contribution in [1.82, 2.24) is 14.8 Å². The van der Waals surface area contributed by atoms with E-state index in [9.17, 15) is 0 Å². The lowest BCUT2D eigenvalue weighted by molar-refractivity contribution is 0.919. The Hall–Kier alpha value is -2.14. The predicted molar refractivity (Wildman–Crippen MR) is 87.6 cm³/mol. The Balaban J connectivity index is 1.86. The van der Waals surface area contributed by atoms with Crippen molar-refractivity contribution in [2.75, 3.05) is 5.32 Å². The van der Waals surface area contributed by atoms with Crippen LogP contribution in [0.4, 0.5) is 5.69 Å². The smallest absolute Gasteiger partial charge is 0.165 e. The molecule has 2 aromatic heterocycles. The molecule has 0 aliphatic carbocycles. The molecule has 2 heterocycles. The lowest BCUT2D eigenvalue weighted by Crippen LogP contribution is -2.02. The van der Waals surface area contributed by atoms with Gasteiger partial charge in [-0.05, 0) is 37.6 Å². The Morgan fingerprint density at radius 3 is 2.71 bits per heavy atom. The van der Waals surface area contributed by atoms with E-state index in [4.69, 9.17) is 0 Å². The average Bonchev–Trinajstić information content (AvgIpc) is 3.02. The lowest BCUT2D eigenvalue weighted by atomic mass is 10.1. The van der Waals surface area contributed by atoms with Gasteiger partial charge < -0.3 is 9.88 Å². The number of para-hydroxylation sites is 1. The van der Waals surface area contributed by atoms with Crippen LogP contribution < -0.4 is 5.32 Å². The van der Waals surface area contributed by atoms with E-state index in [1.54, 1.807) is 6.33 Å². The Bertz CT molecular complexity index is 757. The number of thiophene rings is 1. The van der Waals surface area contributed by atoms with Crippen LogP contribution in [-0.2, 0) is 13.6 Å². The maximum absolute atomic E-state index is 4.20. The van der Waals surface area contributed by atoms with Crippen LogP contribution in [0.2, 0.25) is 0 Å². The predicted octanol–water partition coefficient (Wildman–Crippen LogP) is 3.77. The summed E-state index contributed by atoms with van der Waals surface area (Å²) in [5, 5.41) is 11.7. The first kappa shape index (κ1) is 13.8. The zero-order valence-corrected chi connectivity index (χ0v) is 13.2. The van der Waals surface area contributed by atoms with E-state index in [1.165, 1.54) is 15.3 Å². The van der Waals surface area contributed by atoms with E-state index >= 15 is 0 Å². The van der Waals surface area contributed by atoms with E-state index in [0.29, 0.717) is 0 Å². The fourth-order valence-electron chi connectivity index (χ4n) is 2.41. The number of rotatable bonds is 4. The molecule has 0 unspecified atom stereocenters.